The zero-order valence-corrected chi connectivity index (χ0v) is 7.96. The summed E-state index contributed by atoms with van der Waals surface area (Å²) in [5, 5.41) is 10.6. The first-order valence-electron chi connectivity index (χ1n) is 4.73. The van der Waals surface area contributed by atoms with E-state index in [2.05, 4.69) is 40.6 Å². The average Bonchev–Trinajstić information content (AvgIpc) is 2.61. The number of hydrogen-bond acceptors (Lipinski definition) is 2. The molecule has 1 aromatic heterocycles. The minimum absolute atomic E-state index is 0.816. The number of H-pyrrole nitrogens is 1. The summed E-state index contributed by atoms with van der Waals surface area (Å²) >= 11 is 0. The minimum Gasteiger partial charge on any atom is -0.379 e. The Morgan fingerprint density at radius 2 is 2.14 bits per heavy atom. The van der Waals surface area contributed by atoms with Crippen molar-refractivity contribution in [1.29, 1.82) is 0 Å². The van der Waals surface area contributed by atoms with Gasteiger partial charge < -0.3 is 5.32 Å². The normalized spacial score (nSPS) is 12.9. The molecule has 0 atom stereocenters. The van der Waals surface area contributed by atoms with Crippen LogP contribution in [0, 0.1) is 6.92 Å². The third-order valence-electron chi connectivity index (χ3n) is 2.66. The summed E-state index contributed by atoms with van der Waals surface area (Å²) in [6.07, 6.45) is 0. The molecule has 1 aromatic carbocycles. The third-order valence-corrected chi connectivity index (χ3v) is 2.66. The molecule has 2 heterocycles. The lowest BCUT2D eigenvalue weighted by Gasteiger charge is -2.17. The van der Waals surface area contributed by atoms with Gasteiger partial charge in [-0.05, 0) is 13.0 Å². The molecular weight excluding hydrogens is 174 g/mol. The predicted octanol–water partition coefficient (Wildman–Crippen LogP) is 2.31. The van der Waals surface area contributed by atoms with Crippen molar-refractivity contribution in [3.8, 4) is 11.1 Å². The fourth-order valence-corrected chi connectivity index (χ4v) is 2.00. The molecule has 3 nitrogen and oxygen atoms in total. The van der Waals surface area contributed by atoms with Crippen LogP contribution in [0.4, 0.5) is 5.69 Å². The summed E-state index contributed by atoms with van der Waals surface area (Å²) in [6.45, 7) is 2.88. The molecule has 3 rings (SSSR count). The van der Waals surface area contributed by atoms with Crippen molar-refractivity contribution >= 4 is 5.69 Å². The molecular formula is C11H11N3. The maximum Gasteiger partial charge on any atom is 0.0894 e. The first-order valence-corrected chi connectivity index (χ1v) is 4.73. The van der Waals surface area contributed by atoms with Gasteiger partial charge in [0.15, 0.2) is 0 Å². The van der Waals surface area contributed by atoms with Crippen LogP contribution in [-0.2, 0) is 6.54 Å². The summed E-state index contributed by atoms with van der Waals surface area (Å²) in [6, 6.07) is 8.34. The fraction of sp³-hybridized carbons (Fsp3) is 0.182. The van der Waals surface area contributed by atoms with Crippen LogP contribution in [0.5, 0.6) is 0 Å². The lowest BCUT2D eigenvalue weighted by atomic mass is 9.98. The standard InChI is InChI=1S/C11H11N3/c1-7-11-8-4-2-3-5-9(8)12-6-10(11)14-13-7/h2-5,12H,6H2,1H3,(H,13,14). The second-order valence-electron chi connectivity index (χ2n) is 3.57. The van der Waals surface area contributed by atoms with Gasteiger partial charge in [-0.1, -0.05) is 18.2 Å². The SMILES string of the molecule is Cc1[nH]nc2c1-c1ccccc1NC2. The highest BCUT2D eigenvalue weighted by atomic mass is 15.1. The summed E-state index contributed by atoms with van der Waals surface area (Å²) in [7, 11) is 0. The lowest BCUT2D eigenvalue weighted by Crippen LogP contribution is -2.07. The smallest absolute Gasteiger partial charge is 0.0894 e. The number of aryl methyl sites for hydroxylation is 1. The minimum atomic E-state index is 0.816. The van der Waals surface area contributed by atoms with E-state index in [1.54, 1.807) is 0 Å². The number of rotatable bonds is 0. The summed E-state index contributed by atoms with van der Waals surface area (Å²) in [5.74, 6) is 0. The lowest BCUT2D eigenvalue weighted by molar-refractivity contribution is 0.965. The molecule has 70 valence electrons. The molecule has 0 aliphatic carbocycles. The monoisotopic (exact) mass is 185 g/mol. The molecule has 0 bridgehead atoms. The Balaban J connectivity index is 2.32. The highest BCUT2D eigenvalue weighted by molar-refractivity contribution is 5.83. The Bertz CT molecular complexity index is 485. The van der Waals surface area contributed by atoms with Crippen LogP contribution >= 0.6 is 0 Å². The Hall–Kier alpha value is -1.77. The quantitative estimate of drug-likeness (QED) is 0.661. The molecule has 1 aliphatic heterocycles. The molecule has 2 aromatic rings. The number of benzene rings is 1. The summed E-state index contributed by atoms with van der Waals surface area (Å²) in [5.41, 5.74) is 5.97. The second-order valence-corrected chi connectivity index (χ2v) is 3.57. The van der Waals surface area contributed by atoms with Crippen molar-refractivity contribution in [3.63, 3.8) is 0 Å². The number of nitrogens with zero attached hydrogens (tertiary/aromatic N) is 1. The number of fused-ring (bicyclic) bond motifs is 3. The van der Waals surface area contributed by atoms with Gasteiger partial charge >= 0.3 is 0 Å². The van der Waals surface area contributed by atoms with Gasteiger partial charge in [-0.3, -0.25) is 5.10 Å². The summed E-state index contributed by atoms with van der Waals surface area (Å²) < 4.78 is 0. The van der Waals surface area contributed by atoms with Crippen LogP contribution in [0.2, 0.25) is 0 Å². The number of anilines is 1. The average molecular weight is 185 g/mol. The van der Waals surface area contributed by atoms with Crippen molar-refractivity contribution in [2.24, 2.45) is 0 Å². The number of hydrogen-bond donors (Lipinski definition) is 2. The third kappa shape index (κ3) is 0.894. The zero-order valence-electron chi connectivity index (χ0n) is 7.96. The van der Waals surface area contributed by atoms with E-state index >= 15 is 0 Å². The Morgan fingerprint density at radius 3 is 3.07 bits per heavy atom. The van der Waals surface area contributed by atoms with E-state index in [1.165, 1.54) is 16.8 Å². The van der Waals surface area contributed by atoms with Gasteiger partial charge in [0.25, 0.3) is 0 Å². The van der Waals surface area contributed by atoms with Gasteiger partial charge in [-0.25, -0.2) is 0 Å². The molecule has 1 aliphatic rings. The maximum absolute atomic E-state index is 4.27. The fourth-order valence-electron chi connectivity index (χ4n) is 2.00. The van der Waals surface area contributed by atoms with Gasteiger partial charge in [0.05, 0.1) is 12.2 Å². The largest absolute Gasteiger partial charge is 0.379 e. The number of nitrogens with one attached hydrogen (secondary N) is 2. The van der Waals surface area contributed by atoms with E-state index in [9.17, 15) is 0 Å². The van der Waals surface area contributed by atoms with E-state index in [-0.39, 0.29) is 0 Å². The maximum atomic E-state index is 4.27. The predicted molar refractivity (Wildman–Crippen MR) is 56.1 cm³/mol. The number of aromatic nitrogens is 2. The first-order chi connectivity index (χ1) is 6.86. The summed E-state index contributed by atoms with van der Waals surface area (Å²) in [4.78, 5) is 0. The van der Waals surface area contributed by atoms with Crippen molar-refractivity contribution in [1.82, 2.24) is 10.2 Å². The Morgan fingerprint density at radius 1 is 1.29 bits per heavy atom. The molecule has 0 radical (unpaired) electrons. The van der Waals surface area contributed by atoms with Crippen LogP contribution in [-0.4, -0.2) is 10.2 Å². The molecule has 0 unspecified atom stereocenters. The molecule has 0 fully saturated rings. The van der Waals surface area contributed by atoms with Gasteiger partial charge in [-0.15, -0.1) is 0 Å². The molecule has 0 saturated heterocycles. The van der Waals surface area contributed by atoms with Crippen LogP contribution in [0.1, 0.15) is 11.4 Å². The van der Waals surface area contributed by atoms with Crippen LogP contribution < -0.4 is 5.32 Å². The van der Waals surface area contributed by atoms with Crippen LogP contribution in [0.3, 0.4) is 0 Å². The van der Waals surface area contributed by atoms with E-state index in [0.717, 1.165) is 17.9 Å². The van der Waals surface area contributed by atoms with Gasteiger partial charge in [-0.2, -0.15) is 5.10 Å². The van der Waals surface area contributed by atoms with Crippen molar-refractivity contribution in [3.05, 3.63) is 35.7 Å². The van der Waals surface area contributed by atoms with Gasteiger partial charge in [0, 0.05) is 22.5 Å². The molecule has 14 heavy (non-hydrogen) atoms. The molecule has 3 heteroatoms. The van der Waals surface area contributed by atoms with Gasteiger partial charge in [0.1, 0.15) is 0 Å². The van der Waals surface area contributed by atoms with E-state index in [1.807, 2.05) is 6.07 Å². The Labute approximate surface area is 82.2 Å². The van der Waals surface area contributed by atoms with Crippen molar-refractivity contribution in [2.75, 3.05) is 5.32 Å². The first kappa shape index (κ1) is 7.62. The number of aromatic amines is 1. The topological polar surface area (TPSA) is 40.7 Å². The van der Waals surface area contributed by atoms with Crippen LogP contribution in [0.25, 0.3) is 11.1 Å². The van der Waals surface area contributed by atoms with Gasteiger partial charge in [0.2, 0.25) is 0 Å². The molecule has 0 saturated carbocycles. The molecule has 2 N–H and O–H groups in total. The van der Waals surface area contributed by atoms with E-state index in [4.69, 9.17) is 0 Å². The van der Waals surface area contributed by atoms with Crippen molar-refractivity contribution < 1.29 is 0 Å². The highest BCUT2D eigenvalue weighted by Gasteiger charge is 2.19. The zero-order chi connectivity index (χ0) is 9.54. The van der Waals surface area contributed by atoms with Crippen molar-refractivity contribution in [2.45, 2.75) is 13.5 Å². The second kappa shape index (κ2) is 2.61. The highest BCUT2D eigenvalue weighted by Crippen LogP contribution is 2.35. The Kier molecular flexibility index (Phi) is 1.42. The number of para-hydroxylation sites is 1. The van der Waals surface area contributed by atoms with E-state index in [0.29, 0.717) is 0 Å². The molecule has 0 amide bonds. The molecule has 0 spiro atoms. The van der Waals surface area contributed by atoms with Crippen LogP contribution in [0.15, 0.2) is 24.3 Å². The van der Waals surface area contributed by atoms with E-state index < -0.39 is 0 Å².